The fourth-order valence-corrected chi connectivity index (χ4v) is 2.80. The lowest BCUT2D eigenvalue weighted by Crippen LogP contribution is -2.40. The molecule has 1 aromatic rings. The zero-order valence-electron chi connectivity index (χ0n) is 10.5. The quantitative estimate of drug-likeness (QED) is 0.911. The molecule has 100 valence electrons. The highest BCUT2D eigenvalue weighted by Crippen LogP contribution is 2.17. The molecule has 1 fully saturated rings. The first-order valence-electron chi connectivity index (χ1n) is 6.28. The van der Waals surface area contributed by atoms with Crippen LogP contribution in [0.25, 0.3) is 0 Å². The Bertz CT molecular complexity index is 523. The fraction of sp³-hybridized carbons (Fsp3) is 0.667. The number of piperidine rings is 1. The van der Waals surface area contributed by atoms with Gasteiger partial charge in [-0.1, -0.05) is 6.42 Å². The van der Waals surface area contributed by atoms with E-state index in [4.69, 9.17) is 0 Å². The Balaban J connectivity index is 2.08. The summed E-state index contributed by atoms with van der Waals surface area (Å²) in [7, 11) is 2.11. The maximum Gasteiger partial charge on any atom is 0.328 e. The van der Waals surface area contributed by atoms with Crippen LogP contribution in [0.2, 0.25) is 0 Å². The zero-order chi connectivity index (χ0) is 13.1. The SMILES string of the molecule is CN1CCCCC1CCn1c(=O)[nH]cc(Br)c1=O. The number of rotatable bonds is 3. The Kier molecular flexibility index (Phi) is 4.40. The van der Waals surface area contributed by atoms with E-state index in [-0.39, 0.29) is 11.2 Å². The van der Waals surface area contributed by atoms with Gasteiger partial charge in [0.15, 0.2) is 0 Å². The highest BCUT2D eigenvalue weighted by Gasteiger charge is 2.19. The Morgan fingerprint density at radius 1 is 1.44 bits per heavy atom. The third kappa shape index (κ3) is 2.92. The van der Waals surface area contributed by atoms with Crippen molar-refractivity contribution in [1.82, 2.24) is 14.5 Å². The summed E-state index contributed by atoms with van der Waals surface area (Å²) in [4.78, 5) is 28.3. The first-order valence-corrected chi connectivity index (χ1v) is 7.07. The summed E-state index contributed by atoms with van der Waals surface area (Å²) in [5, 5.41) is 0. The van der Waals surface area contributed by atoms with Crippen LogP contribution in [0.4, 0.5) is 0 Å². The van der Waals surface area contributed by atoms with Crippen LogP contribution in [0.3, 0.4) is 0 Å². The van der Waals surface area contributed by atoms with Gasteiger partial charge in [-0.3, -0.25) is 9.36 Å². The molecule has 0 aromatic carbocycles. The number of aromatic nitrogens is 2. The van der Waals surface area contributed by atoms with Gasteiger partial charge in [-0.05, 0) is 48.8 Å². The number of nitrogens with one attached hydrogen (secondary N) is 1. The van der Waals surface area contributed by atoms with Gasteiger partial charge in [0.05, 0.1) is 4.47 Å². The predicted octanol–water partition coefficient (Wildman–Crippen LogP) is 1.17. The van der Waals surface area contributed by atoms with Crippen LogP contribution in [0.5, 0.6) is 0 Å². The lowest BCUT2D eigenvalue weighted by atomic mass is 10.0. The molecule has 6 heteroatoms. The molecule has 18 heavy (non-hydrogen) atoms. The molecule has 5 nitrogen and oxygen atoms in total. The topological polar surface area (TPSA) is 58.1 Å². The minimum Gasteiger partial charge on any atom is -0.313 e. The maximum absolute atomic E-state index is 11.8. The van der Waals surface area contributed by atoms with Crippen molar-refractivity contribution in [1.29, 1.82) is 0 Å². The van der Waals surface area contributed by atoms with Gasteiger partial charge in [-0.15, -0.1) is 0 Å². The number of nitrogens with zero attached hydrogens (tertiary/aromatic N) is 2. The summed E-state index contributed by atoms with van der Waals surface area (Å²) in [6, 6.07) is 0.476. The Labute approximate surface area is 114 Å². The molecule has 0 aliphatic carbocycles. The molecule has 1 N–H and O–H groups in total. The van der Waals surface area contributed by atoms with Crippen LogP contribution in [0.1, 0.15) is 25.7 Å². The number of H-pyrrole nitrogens is 1. The van der Waals surface area contributed by atoms with Crippen molar-refractivity contribution in [3.63, 3.8) is 0 Å². The van der Waals surface area contributed by atoms with Crippen molar-refractivity contribution < 1.29 is 0 Å². The van der Waals surface area contributed by atoms with E-state index < -0.39 is 0 Å². The molecule has 1 unspecified atom stereocenters. The van der Waals surface area contributed by atoms with E-state index in [1.165, 1.54) is 23.6 Å². The van der Waals surface area contributed by atoms with Crippen LogP contribution in [-0.4, -0.2) is 34.1 Å². The Hall–Kier alpha value is -0.880. The molecule has 0 spiro atoms. The number of halogens is 1. The van der Waals surface area contributed by atoms with Gasteiger partial charge < -0.3 is 9.88 Å². The van der Waals surface area contributed by atoms with Crippen molar-refractivity contribution in [2.75, 3.05) is 13.6 Å². The summed E-state index contributed by atoms with van der Waals surface area (Å²) >= 11 is 3.14. The zero-order valence-corrected chi connectivity index (χ0v) is 12.1. The van der Waals surface area contributed by atoms with E-state index >= 15 is 0 Å². The molecule has 0 saturated carbocycles. The summed E-state index contributed by atoms with van der Waals surface area (Å²) in [5.41, 5.74) is -0.584. The fourth-order valence-electron chi connectivity index (χ4n) is 2.48. The lowest BCUT2D eigenvalue weighted by Gasteiger charge is -2.32. The van der Waals surface area contributed by atoms with Gasteiger partial charge in [0.25, 0.3) is 5.56 Å². The van der Waals surface area contributed by atoms with Gasteiger partial charge in [0, 0.05) is 18.8 Å². The lowest BCUT2D eigenvalue weighted by molar-refractivity contribution is 0.170. The number of hydrogen-bond donors (Lipinski definition) is 1. The van der Waals surface area contributed by atoms with Crippen LogP contribution >= 0.6 is 15.9 Å². The average molecular weight is 316 g/mol. The van der Waals surface area contributed by atoms with E-state index in [2.05, 4.69) is 32.9 Å². The Morgan fingerprint density at radius 3 is 2.94 bits per heavy atom. The largest absolute Gasteiger partial charge is 0.328 e. The molecule has 1 atom stereocenters. The van der Waals surface area contributed by atoms with Gasteiger partial charge in [0.2, 0.25) is 0 Å². The molecule has 1 saturated heterocycles. The molecule has 1 aliphatic heterocycles. The van der Waals surface area contributed by atoms with Crippen LogP contribution in [0, 0.1) is 0 Å². The van der Waals surface area contributed by atoms with Crippen LogP contribution < -0.4 is 11.2 Å². The molecule has 1 aliphatic rings. The Morgan fingerprint density at radius 2 is 2.22 bits per heavy atom. The molecule has 2 heterocycles. The van der Waals surface area contributed by atoms with Gasteiger partial charge in [-0.25, -0.2) is 4.79 Å². The highest BCUT2D eigenvalue weighted by molar-refractivity contribution is 9.10. The van der Waals surface area contributed by atoms with Crippen molar-refractivity contribution in [2.24, 2.45) is 0 Å². The summed E-state index contributed by atoms with van der Waals surface area (Å²) in [5.74, 6) is 0. The first-order chi connectivity index (χ1) is 8.59. The standard InChI is InChI=1S/C12H18BrN3O2/c1-15-6-3-2-4-9(15)5-7-16-11(17)10(13)8-14-12(16)18/h8-9H,2-7H2,1H3,(H,14,18). The van der Waals surface area contributed by atoms with E-state index in [1.807, 2.05) is 0 Å². The van der Waals surface area contributed by atoms with Crippen molar-refractivity contribution in [3.8, 4) is 0 Å². The summed E-state index contributed by atoms with van der Waals surface area (Å²) in [6.45, 7) is 1.58. The second kappa shape index (κ2) is 5.84. The average Bonchev–Trinajstić information content (AvgIpc) is 2.36. The van der Waals surface area contributed by atoms with Crippen molar-refractivity contribution in [2.45, 2.75) is 38.3 Å². The second-order valence-corrected chi connectivity index (χ2v) is 5.67. The van der Waals surface area contributed by atoms with Gasteiger partial charge >= 0.3 is 5.69 Å². The van der Waals surface area contributed by atoms with Crippen molar-refractivity contribution >= 4 is 15.9 Å². The number of hydrogen-bond acceptors (Lipinski definition) is 3. The molecule has 0 amide bonds. The first kappa shape index (κ1) is 13.5. The minimum atomic E-state index is -0.332. The minimum absolute atomic E-state index is 0.253. The maximum atomic E-state index is 11.8. The number of aromatic amines is 1. The monoisotopic (exact) mass is 315 g/mol. The molecule has 0 radical (unpaired) electrons. The van der Waals surface area contributed by atoms with E-state index in [9.17, 15) is 9.59 Å². The molecular formula is C12H18BrN3O2. The number of likely N-dealkylation sites (tertiary alicyclic amines) is 1. The molecular weight excluding hydrogens is 298 g/mol. The van der Waals surface area contributed by atoms with E-state index in [1.54, 1.807) is 0 Å². The van der Waals surface area contributed by atoms with E-state index in [0.717, 1.165) is 19.4 Å². The van der Waals surface area contributed by atoms with Crippen LogP contribution in [-0.2, 0) is 6.54 Å². The summed E-state index contributed by atoms with van der Waals surface area (Å²) < 4.78 is 1.67. The van der Waals surface area contributed by atoms with Crippen LogP contribution in [0.15, 0.2) is 20.3 Å². The molecule has 1 aromatic heterocycles. The molecule has 0 bridgehead atoms. The van der Waals surface area contributed by atoms with Crippen molar-refractivity contribution in [3.05, 3.63) is 31.5 Å². The van der Waals surface area contributed by atoms with Gasteiger partial charge in [-0.2, -0.15) is 0 Å². The second-order valence-electron chi connectivity index (χ2n) is 4.82. The summed E-state index contributed by atoms with van der Waals surface area (Å²) in [6.07, 6.45) is 5.87. The smallest absolute Gasteiger partial charge is 0.313 e. The van der Waals surface area contributed by atoms with Gasteiger partial charge in [0.1, 0.15) is 0 Å². The van der Waals surface area contributed by atoms with E-state index in [0.29, 0.717) is 17.1 Å². The molecule has 2 rings (SSSR count). The third-order valence-electron chi connectivity index (χ3n) is 3.62. The third-order valence-corrected chi connectivity index (χ3v) is 4.19. The highest BCUT2D eigenvalue weighted by atomic mass is 79.9. The normalized spacial score (nSPS) is 21.1. The predicted molar refractivity (Wildman–Crippen MR) is 73.9 cm³/mol.